The molecule has 0 saturated carbocycles. The molecule has 1 amide bonds. The Bertz CT molecular complexity index is 755. The van der Waals surface area contributed by atoms with E-state index in [1.54, 1.807) is 6.07 Å². The van der Waals surface area contributed by atoms with E-state index in [-0.39, 0.29) is 19.1 Å². The average Bonchev–Trinajstić information content (AvgIpc) is 2.60. The minimum atomic E-state index is -0.577. The topological polar surface area (TPSA) is 64.6 Å². The van der Waals surface area contributed by atoms with Crippen molar-refractivity contribution >= 4 is 11.9 Å². The van der Waals surface area contributed by atoms with Gasteiger partial charge < -0.3 is 14.8 Å². The van der Waals surface area contributed by atoms with Crippen molar-refractivity contribution < 1.29 is 19.1 Å². The smallest absolute Gasteiger partial charge is 0.344 e. The molecule has 2 aromatic rings. The van der Waals surface area contributed by atoms with Gasteiger partial charge in [0.1, 0.15) is 5.75 Å². The van der Waals surface area contributed by atoms with Gasteiger partial charge in [-0.2, -0.15) is 0 Å². The van der Waals surface area contributed by atoms with E-state index in [9.17, 15) is 9.59 Å². The van der Waals surface area contributed by atoms with Crippen molar-refractivity contribution in [1.29, 1.82) is 0 Å². The van der Waals surface area contributed by atoms with Gasteiger partial charge in [-0.05, 0) is 49.1 Å². The summed E-state index contributed by atoms with van der Waals surface area (Å²) in [6, 6.07) is 13.4. The Hall–Kier alpha value is -2.82. The predicted molar refractivity (Wildman–Crippen MR) is 95.4 cm³/mol. The SMILES string of the molecule is Cc1ccccc1CNC(=O)COC(=O)COc1cccc(C)c1C. The van der Waals surface area contributed by atoms with E-state index in [0.29, 0.717) is 12.3 Å². The zero-order valence-electron chi connectivity index (χ0n) is 14.8. The van der Waals surface area contributed by atoms with E-state index in [0.717, 1.165) is 22.3 Å². The van der Waals surface area contributed by atoms with E-state index in [2.05, 4.69) is 5.32 Å². The third-order valence-corrected chi connectivity index (χ3v) is 4.00. The molecule has 0 aliphatic rings. The first-order chi connectivity index (χ1) is 12.0. The fraction of sp³-hybridized carbons (Fsp3) is 0.300. The van der Waals surface area contributed by atoms with Crippen molar-refractivity contribution in [3.8, 4) is 5.75 Å². The molecule has 0 saturated heterocycles. The van der Waals surface area contributed by atoms with Gasteiger partial charge in [-0.1, -0.05) is 36.4 Å². The van der Waals surface area contributed by atoms with Crippen LogP contribution in [0, 0.1) is 20.8 Å². The molecule has 0 aliphatic heterocycles. The second-order valence-corrected chi connectivity index (χ2v) is 5.85. The summed E-state index contributed by atoms with van der Waals surface area (Å²) in [4.78, 5) is 23.5. The molecule has 0 heterocycles. The van der Waals surface area contributed by atoms with Crippen LogP contribution in [-0.2, 0) is 20.9 Å². The van der Waals surface area contributed by atoms with Crippen LogP contribution in [-0.4, -0.2) is 25.1 Å². The third-order valence-electron chi connectivity index (χ3n) is 4.00. The van der Waals surface area contributed by atoms with Crippen molar-refractivity contribution in [3.63, 3.8) is 0 Å². The minimum absolute atomic E-state index is 0.227. The Morgan fingerprint density at radius 1 is 0.920 bits per heavy atom. The molecular formula is C20H23NO4. The first-order valence-corrected chi connectivity index (χ1v) is 8.13. The highest BCUT2D eigenvalue weighted by atomic mass is 16.6. The third kappa shape index (κ3) is 5.64. The number of rotatable bonds is 7. The van der Waals surface area contributed by atoms with E-state index < -0.39 is 5.97 Å². The number of hydrogen-bond acceptors (Lipinski definition) is 4. The van der Waals surface area contributed by atoms with Crippen molar-refractivity contribution in [2.75, 3.05) is 13.2 Å². The number of aryl methyl sites for hydroxylation is 2. The molecule has 25 heavy (non-hydrogen) atoms. The Morgan fingerprint density at radius 2 is 1.64 bits per heavy atom. The maximum Gasteiger partial charge on any atom is 0.344 e. The fourth-order valence-electron chi connectivity index (χ4n) is 2.26. The van der Waals surface area contributed by atoms with Crippen molar-refractivity contribution in [3.05, 3.63) is 64.7 Å². The first kappa shape index (κ1) is 18.5. The standard InChI is InChI=1S/C20H23NO4/c1-14-8-6-10-18(16(14)3)24-13-20(23)25-12-19(22)21-11-17-9-5-4-7-15(17)2/h4-10H,11-13H2,1-3H3,(H,21,22). The lowest BCUT2D eigenvalue weighted by Crippen LogP contribution is -2.29. The highest BCUT2D eigenvalue weighted by molar-refractivity contribution is 5.80. The highest BCUT2D eigenvalue weighted by Crippen LogP contribution is 2.20. The van der Waals surface area contributed by atoms with Crippen LogP contribution in [0.15, 0.2) is 42.5 Å². The van der Waals surface area contributed by atoms with E-state index in [1.807, 2.05) is 57.2 Å². The van der Waals surface area contributed by atoms with Crippen molar-refractivity contribution in [2.24, 2.45) is 0 Å². The minimum Gasteiger partial charge on any atom is -0.482 e. The van der Waals surface area contributed by atoms with Crippen molar-refractivity contribution in [2.45, 2.75) is 27.3 Å². The lowest BCUT2D eigenvalue weighted by molar-refractivity contribution is -0.150. The molecule has 0 radical (unpaired) electrons. The molecule has 5 nitrogen and oxygen atoms in total. The van der Waals surface area contributed by atoms with Gasteiger partial charge >= 0.3 is 5.97 Å². The Kier molecular flexibility index (Phi) is 6.57. The van der Waals surface area contributed by atoms with Gasteiger partial charge in [-0.15, -0.1) is 0 Å². The van der Waals surface area contributed by atoms with Crippen LogP contribution in [0.1, 0.15) is 22.3 Å². The molecule has 2 aromatic carbocycles. The number of ether oxygens (including phenoxy) is 2. The largest absolute Gasteiger partial charge is 0.482 e. The zero-order chi connectivity index (χ0) is 18.2. The molecule has 0 aliphatic carbocycles. The van der Waals surface area contributed by atoms with Crippen LogP contribution in [0.5, 0.6) is 5.75 Å². The number of esters is 1. The van der Waals surface area contributed by atoms with Crippen LogP contribution >= 0.6 is 0 Å². The van der Waals surface area contributed by atoms with Gasteiger partial charge in [-0.25, -0.2) is 4.79 Å². The van der Waals surface area contributed by atoms with Gasteiger partial charge in [0.15, 0.2) is 13.2 Å². The van der Waals surface area contributed by atoms with Crippen molar-refractivity contribution in [1.82, 2.24) is 5.32 Å². The summed E-state index contributed by atoms with van der Waals surface area (Å²) in [6.45, 7) is 5.73. The number of nitrogens with one attached hydrogen (secondary N) is 1. The quantitative estimate of drug-likeness (QED) is 0.787. The van der Waals surface area contributed by atoms with E-state index >= 15 is 0 Å². The van der Waals surface area contributed by atoms with Crippen LogP contribution in [0.3, 0.4) is 0 Å². The Labute approximate surface area is 148 Å². The second-order valence-electron chi connectivity index (χ2n) is 5.85. The number of benzene rings is 2. The molecule has 0 spiro atoms. The lowest BCUT2D eigenvalue weighted by atomic mass is 10.1. The van der Waals surface area contributed by atoms with Gasteiger partial charge in [-0.3, -0.25) is 4.79 Å². The summed E-state index contributed by atoms with van der Waals surface area (Å²) >= 11 is 0. The van der Waals surface area contributed by atoms with Gasteiger partial charge in [0.2, 0.25) is 0 Å². The molecule has 0 fully saturated rings. The summed E-state index contributed by atoms with van der Waals surface area (Å²) in [6.07, 6.45) is 0. The number of carbonyl (C=O) groups excluding carboxylic acids is 2. The maximum absolute atomic E-state index is 11.8. The molecule has 0 atom stereocenters. The van der Waals surface area contributed by atoms with Gasteiger partial charge in [0.25, 0.3) is 5.91 Å². The molecule has 2 rings (SSSR count). The van der Waals surface area contributed by atoms with Crippen LogP contribution < -0.4 is 10.1 Å². The maximum atomic E-state index is 11.8. The second kappa shape index (κ2) is 8.87. The lowest BCUT2D eigenvalue weighted by Gasteiger charge is -2.11. The molecule has 1 N–H and O–H groups in total. The monoisotopic (exact) mass is 341 g/mol. The fourth-order valence-corrected chi connectivity index (χ4v) is 2.26. The predicted octanol–water partition coefficient (Wildman–Crippen LogP) is 2.85. The normalized spacial score (nSPS) is 10.2. The number of hydrogen-bond donors (Lipinski definition) is 1. The molecule has 5 heteroatoms. The highest BCUT2D eigenvalue weighted by Gasteiger charge is 2.10. The summed E-state index contributed by atoms with van der Waals surface area (Å²) < 4.78 is 10.4. The number of carbonyl (C=O) groups is 2. The van der Waals surface area contributed by atoms with E-state index in [4.69, 9.17) is 9.47 Å². The van der Waals surface area contributed by atoms with E-state index in [1.165, 1.54) is 0 Å². The molecule has 132 valence electrons. The van der Waals surface area contributed by atoms with Crippen LogP contribution in [0.2, 0.25) is 0 Å². The molecule has 0 aromatic heterocycles. The summed E-state index contributed by atoms with van der Waals surface area (Å²) in [5.41, 5.74) is 4.19. The molecule has 0 bridgehead atoms. The molecular weight excluding hydrogens is 318 g/mol. The Morgan fingerprint density at radius 3 is 2.40 bits per heavy atom. The summed E-state index contributed by atoms with van der Waals surface area (Å²) in [7, 11) is 0. The molecule has 0 unspecified atom stereocenters. The van der Waals surface area contributed by atoms with Gasteiger partial charge in [0.05, 0.1) is 0 Å². The summed E-state index contributed by atoms with van der Waals surface area (Å²) in [5, 5.41) is 2.73. The zero-order valence-corrected chi connectivity index (χ0v) is 14.8. The first-order valence-electron chi connectivity index (χ1n) is 8.13. The Balaban J connectivity index is 1.71. The van der Waals surface area contributed by atoms with Crippen LogP contribution in [0.25, 0.3) is 0 Å². The number of amides is 1. The van der Waals surface area contributed by atoms with Gasteiger partial charge in [0, 0.05) is 6.54 Å². The summed E-state index contributed by atoms with van der Waals surface area (Å²) in [5.74, 6) is -0.281. The van der Waals surface area contributed by atoms with Crippen LogP contribution in [0.4, 0.5) is 0 Å². The average molecular weight is 341 g/mol.